The molecule has 144 valence electrons. The van der Waals surface area contributed by atoms with E-state index in [0.717, 1.165) is 23.6 Å². The molecule has 1 aliphatic heterocycles. The summed E-state index contributed by atoms with van der Waals surface area (Å²) < 4.78 is 51.2. The number of sulfonamides is 2. The van der Waals surface area contributed by atoms with Crippen molar-refractivity contribution in [1.82, 2.24) is 9.84 Å². The average molecular weight is 408 g/mol. The lowest BCUT2D eigenvalue weighted by Gasteiger charge is -2.24. The van der Waals surface area contributed by atoms with Crippen LogP contribution in [0.4, 0.5) is 5.69 Å². The lowest BCUT2D eigenvalue weighted by Crippen LogP contribution is -2.38. The molecule has 1 heterocycles. The Hall–Kier alpha value is -2.36. The van der Waals surface area contributed by atoms with E-state index in [1.165, 1.54) is 4.41 Å². The molecule has 3 rings (SSSR count). The van der Waals surface area contributed by atoms with Gasteiger partial charge in [-0.05, 0) is 36.3 Å². The largest absolute Gasteiger partial charge is 0.304 e. The zero-order valence-corrected chi connectivity index (χ0v) is 16.8. The van der Waals surface area contributed by atoms with Crippen LogP contribution in [-0.4, -0.2) is 33.8 Å². The summed E-state index contributed by atoms with van der Waals surface area (Å²) >= 11 is 0. The Morgan fingerprint density at radius 2 is 1.70 bits per heavy atom. The lowest BCUT2D eigenvalue weighted by atomic mass is 10.0. The van der Waals surface area contributed by atoms with Crippen molar-refractivity contribution < 1.29 is 16.8 Å². The van der Waals surface area contributed by atoms with Gasteiger partial charge in [-0.1, -0.05) is 36.4 Å². The van der Waals surface area contributed by atoms with Crippen molar-refractivity contribution in [3.8, 4) is 0 Å². The monoisotopic (exact) mass is 407 g/mol. The van der Waals surface area contributed by atoms with Crippen molar-refractivity contribution in [1.29, 1.82) is 0 Å². The average Bonchev–Trinajstić information content (AvgIpc) is 2.99. The number of benzene rings is 2. The highest BCUT2D eigenvalue weighted by Crippen LogP contribution is 2.34. The summed E-state index contributed by atoms with van der Waals surface area (Å²) in [7, 11) is -6.94. The van der Waals surface area contributed by atoms with Crippen molar-refractivity contribution in [2.75, 3.05) is 17.2 Å². The maximum atomic E-state index is 12.3. The molecule has 1 aliphatic rings. The van der Waals surface area contributed by atoms with Crippen LogP contribution in [0.15, 0.2) is 54.6 Å². The van der Waals surface area contributed by atoms with Crippen molar-refractivity contribution in [2.45, 2.75) is 13.0 Å². The number of nitrogens with zero attached hydrogens (tertiary/aromatic N) is 1. The number of nitrogens with one attached hydrogen (secondary N) is 2. The van der Waals surface area contributed by atoms with Gasteiger partial charge in [-0.25, -0.2) is 16.8 Å². The number of hydrogen-bond donors (Lipinski definition) is 2. The quantitative estimate of drug-likeness (QED) is 0.792. The fraction of sp³-hybridized carbons (Fsp3) is 0.222. The maximum absolute atomic E-state index is 12.3. The van der Waals surface area contributed by atoms with Gasteiger partial charge in [0.15, 0.2) is 0 Å². The van der Waals surface area contributed by atoms with Crippen LogP contribution in [0.3, 0.4) is 0 Å². The third-order valence-corrected chi connectivity index (χ3v) is 5.79. The van der Waals surface area contributed by atoms with Gasteiger partial charge < -0.3 is 5.43 Å². The smallest absolute Gasteiger partial charge is 0.229 e. The standard InChI is InChI=1S/C18H21N3O4S2/c1-13-7-4-5-10-16(13)18-12-17(19-21(18)27(3,24)25)14-8-6-9-15(11-14)20-26(2,22)23/h4-12,18-20H,1-3H3/t18-/m1/s1. The first kappa shape index (κ1) is 19.4. The molecular formula is C18H21N3O4S2. The van der Waals surface area contributed by atoms with Gasteiger partial charge in [-0.15, -0.1) is 4.41 Å². The van der Waals surface area contributed by atoms with E-state index >= 15 is 0 Å². The molecule has 0 unspecified atom stereocenters. The van der Waals surface area contributed by atoms with Gasteiger partial charge in [0.05, 0.1) is 24.3 Å². The minimum Gasteiger partial charge on any atom is -0.304 e. The fourth-order valence-electron chi connectivity index (χ4n) is 3.00. The highest BCUT2D eigenvalue weighted by atomic mass is 32.2. The minimum absolute atomic E-state index is 0.406. The second-order valence-electron chi connectivity index (χ2n) is 6.51. The second-order valence-corrected chi connectivity index (χ2v) is 10.1. The predicted octanol–water partition coefficient (Wildman–Crippen LogP) is 2.23. The molecule has 9 heteroatoms. The Kier molecular flexibility index (Phi) is 5.02. The van der Waals surface area contributed by atoms with E-state index in [9.17, 15) is 16.8 Å². The van der Waals surface area contributed by atoms with E-state index in [2.05, 4.69) is 10.1 Å². The second kappa shape index (κ2) is 6.99. The van der Waals surface area contributed by atoms with Crippen molar-refractivity contribution in [2.24, 2.45) is 0 Å². The number of hydrazine groups is 1. The molecule has 0 aromatic heterocycles. The van der Waals surface area contributed by atoms with Crippen LogP contribution in [-0.2, 0) is 20.0 Å². The number of hydrogen-bond acceptors (Lipinski definition) is 5. The highest BCUT2D eigenvalue weighted by Gasteiger charge is 2.34. The Morgan fingerprint density at radius 1 is 1.00 bits per heavy atom. The maximum Gasteiger partial charge on any atom is 0.229 e. The van der Waals surface area contributed by atoms with Crippen molar-refractivity contribution in [3.63, 3.8) is 0 Å². The van der Waals surface area contributed by atoms with Gasteiger partial charge in [-0.3, -0.25) is 4.72 Å². The first-order valence-corrected chi connectivity index (χ1v) is 11.9. The summed E-state index contributed by atoms with van der Waals surface area (Å²) in [5, 5.41) is 0. The molecule has 2 N–H and O–H groups in total. The third-order valence-electron chi connectivity index (χ3n) is 4.15. The summed E-state index contributed by atoms with van der Waals surface area (Å²) in [6.45, 7) is 1.93. The van der Waals surface area contributed by atoms with E-state index in [1.807, 2.05) is 37.3 Å². The van der Waals surface area contributed by atoms with Crippen LogP contribution in [0, 0.1) is 6.92 Å². The van der Waals surface area contributed by atoms with Crippen molar-refractivity contribution in [3.05, 3.63) is 71.3 Å². The van der Waals surface area contributed by atoms with Crippen LogP contribution in [0.5, 0.6) is 0 Å². The summed E-state index contributed by atoms with van der Waals surface area (Å²) in [5.74, 6) is 0. The molecule has 27 heavy (non-hydrogen) atoms. The zero-order valence-electron chi connectivity index (χ0n) is 15.2. The first-order valence-electron chi connectivity index (χ1n) is 8.16. The molecular weight excluding hydrogens is 386 g/mol. The van der Waals surface area contributed by atoms with Crippen molar-refractivity contribution >= 4 is 31.4 Å². The van der Waals surface area contributed by atoms with Gasteiger partial charge in [0.2, 0.25) is 20.0 Å². The van der Waals surface area contributed by atoms with Crippen LogP contribution in [0.25, 0.3) is 5.70 Å². The Balaban J connectivity index is 2.03. The predicted molar refractivity (Wildman–Crippen MR) is 107 cm³/mol. The SMILES string of the molecule is Cc1ccccc1[C@H]1C=C(c2cccc(NS(C)(=O)=O)c2)NN1S(C)(=O)=O. The van der Waals surface area contributed by atoms with Crippen LogP contribution in [0.1, 0.15) is 22.7 Å². The van der Waals surface area contributed by atoms with Crippen LogP contribution >= 0.6 is 0 Å². The van der Waals surface area contributed by atoms with E-state index in [-0.39, 0.29) is 0 Å². The van der Waals surface area contributed by atoms with Gasteiger partial charge >= 0.3 is 0 Å². The number of aryl methyl sites for hydroxylation is 1. The van der Waals surface area contributed by atoms with E-state index in [0.29, 0.717) is 16.9 Å². The molecule has 0 amide bonds. The minimum atomic E-state index is -3.54. The lowest BCUT2D eigenvalue weighted by molar-refractivity contribution is 0.350. The fourth-order valence-corrected chi connectivity index (χ4v) is 4.41. The molecule has 7 nitrogen and oxygen atoms in total. The van der Waals surface area contributed by atoms with Gasteiger partial charge in [0.25, 0.3) is 0 Å². The Morgan fingerprint density at radius 3 is 2.33 bits per heavy atom. The normalized spacial score (nSPS) is 18.0. The Labute approximate surface area is 159 Å². The summed E-state index contributed by atoms with van der Waals surface area (Å²) in [6.07, 6.45) is 4.04. The van der Waals surface area contributed by atoms with Gasteiger partial charge in [0, 0.05) is 11.3 Å². The molecule has 0 bridgehead atoms. The van der Waals surface area contributed by atoms with E-state index < -0.39 is 26.1 Å². The summed E-state index contributed by atoms with van der Waals surface area (Å²) in [4.78, 5) is 0. The topological polar surface area (TPSA) is 95.6 Å². The molecule has 0 radical (unpaired) electrons. The third kappa shape index (κ3) is 4.49. The van der Waals surface area contributed by atoms with Gasteiger partial charge in [-0.2, -0.15) is 0 Å². The molecule has 0 saturated heterocycles. The Bertz CT molecular complexity index is 1110. The van der Waals surface area contributed by atoms with E-state index in [4.69, 9.17) is 0 Å². The highest BCUT2D eigenvalue weighted by molar-refractivity contribution is 7.92. The molecule has 0 aliphatic carbocycles. The molecule has 2 aromatic carbocycles. The van der Waals surface area contributed by atoms with Crippen LogP contribution < -0.4 is 10.1 Å². The first-order chi connectivity index (χ1) is 12.5. The number of anilines is 1. The number of rotatable bonds is 5. The molecule has 0 fully saturated rings. The summed E-state index contributed by atoms with van der Waals surface area (Å²) in [6, 6.07) is 13.9. The zero-order chi connectivity index (χ0) is 19.8. The molecule has 1 atom stereocenters. The van der Waals surface area contributed by atoms with Gasteiger partial charge in [0.1, 0.15) is 0 Å². The molecule has 0 saturated carbocycles. The molecule has 0 spiro atoms. The molecule has 2 aromatic rings. The summed E-state index contributed by atoms with van der Waals surface area (Å²) in [5.41, 5.74) is 6.46. The van der Waals surface area contributed by atoms with Crippen LogP contribution in [0.2, 0.25) is 0 Å². The van der Waals surface area contributed by atoms with E-state index in [1.54, 1.807) is 24.3 Å².